The maximum atomic E-state index is 12.6. The molecule has 1 amide bonds. The second kappa shape index (κ2) is 5.93. The number of halogens is 1. The Balaban J connectivity index is 1.66. The van der Waals surface area contributed by atoms with Crippen molar-refractivity contribution in [3.05, 3.63) is 30.1 Å². The Morgan fingerprint density at radius 2 is 2.06 bits per heavy atom. The van der Waals surface area contributed by atoms with Crippen LogP contribution in [-0.4, -0.2) is 30.2 Å². The van der Waals surface area contributed by atoms with E-state index in [1.807, 2.05) is 0 Å². The second-order valence-corrected chi connectivity index (χ2v) is 4.59. The molecule has 0 bridgehead atoms. The summed E-state index contributed by atoms with van der Waals surface area (Å²) in [5.41, 5.74) is 0.561. The van der Waals surface area contributed by atoms with E-state index in [0.717, 1.165) is 12.8 Å². The van der Waals surface area contributed by atoms with E-state index in [2.05, 4.69) is 10.6 Å². The highest BCUT2D eigenvalue weighted by molar-refractivity contribution is 5.92. The molecule has 1 aliphatic rings. The molecule has 0 radical (unpaired) electrons. The summed E-state index contributed by atoms with van der Waals surface area (Å²) in [6, 6.07) is 5.60. The summed E-state index contributed by atoms with van der Waals surface area (Å²) >= 11 is 0. The second-order valence-electron chi connectivity index (χ2n) is 4.59. The molecule has 1 saturated carbocycles. The predicted molar refractivity (Wildman–Crippen MR) is 66.6 cm³/mol. The van der Waals surface area contributed by atoms with Gasteiger partial charge < -0.3 is 15.7 Å². The Morgan fingerprint density at radius 3 is 2.67 bits per heavy atom. The zero-order valence-corrected chi connectivity index (χ0v) is 10.0. The van der Waals surface area contributed by atoms with Crippen LogP contribution in [0.5, 0.6) is 0 Å². The molecule has 1 aromatic rings. The van der Waals surface area contributed by atoms with Gasteiger partial charge in [-0.3, -0.25) is 4.79 Å². The minimum Gasteiger partial charge on any atom is -0.392 e. The Hall–Kier alpha value is -1.46. The fourth-order valence-electron chi connectivity index (χ4n) is 1.72. The number of anilines is 1. The van der Waals surface area contributed by atoms with Gasteiger partial charge in [-0.2, -0.15) is 0 Å². The Morgan fingerprint density at radius 1 is 1.39 bits per heavy atom. The molecule has 1 aliphatic carbocycles. The molecule has 1 fully saturated rings. The molecule has 0 aliphatic heterocycles. The lowest BCUT2D eigenvalue weighted by Crippen LogP contribution is -2.34. The van der Waals surface area contributed by atoms with Crippen LogP contribution in [-0.2, 0) is 4.79 Å². The van der Waals surface area contributed by atoms with Crippen molar-refractivity contribution in [2.75, 3.05) is 18.4 Å². The van der Waals surface area contributed by atoms with E-state index in [1.165, 1.54) is 24.3 Å². The number of rotatable bonds is 6. The molecule has 0 aromatic heterocycles. The average molecular weight is 252 g/mol. The SMILES string of the molecule is O=C(CNCC(O)C1CC1)Nc1ccc(F)cc1. The first-order valence-electron chi connectivity index (χ1n) is 6.09. The average Bonchev–Trinajstić information content (AvgIpc) is 3.16. The molecule has 0 spiro atoms. The third-order valence-electron chi connectivity index (χ3n) is 2.93. The minimum atomic E-state index is -0.358. The molecular formula is C13H17FN2O2. The van der Waals surface area contributed by atoms with Crippen LogP contribution in [0.15, 0.2) is 24.3 Å². The topological polar surface area (TPSA) is 61.4 Å². The van der Waals surface area contributed by atoms with E-state index in [-0.39, 0.29) is 24.4 Å². The Kier molecular flexibility index (Phi) is 4.28. The molecule has 0 saturated heterocycles. The maximum absolute atomic E-state index is 12.6. The van der Waals surface area contributed by atoms with E-state index in [4.69, 9.17) is 0 Å². The highest BCUT2D eigenvalue weighted by atomic mass is 19.1. The van der Waals surface area contributed by atoms with Crippen molar-refractivity contribution in [3.63, 3.8) is 0 Å². The first kappa shape index (κ1) is 13.0. The largest absolute Gasteiger partial charge is 0.392 e. The van der Waals surface area contributed by atoms with Crippen LogP contribution in [0.2, 0.25) is 0 Å². The summed E-state index contributed by atoms with van der Waals surface area (Å²) in [6.07, 6.45) is 1.79. The van der Waals surface area contributed by atoms with Gasteiger partial charge in [0.15, 0.2) is 0 Å². The van der Waals surface area contributed by atoms with Gasteiger partial charge in [-0.05, 0) is 43.0 Å². The van der Waals surface area contributed by atoms with Crippen molar-refractivity contribution < 1.29 is 14.3 Å². The fourth-order valence-corrected chi connectivity index (χ4v) is 1.72. The quantitative estimate of drug-likeness (QED) is 0.711. The smallest absolute Gasteiger partial charge is 0.238 e. The first-order valence-corrected chi connectivity index (χ1v) is 6.09. The highest BCUT2D eigenvalue weighted by Crippen LogP contribution is 2.32. The predicted octanol–water partition coefficient (Wildman–Crippen LogP) is 1.12. The lowest BCUT2D eigenvalue weighted by Gasteiger charge is -2.10. The molecule has 5 heteroatoms. The monoisotopic (exact) mass is 252 g/mol. The summed E-state index contributed by atoms with van der Waals surface area (Å²) < 4.78 is 12.6. The standard InChI is InChI=1S/C13H17FN2O2/c14-10-3-5-11(6-4-10)16-13(18)8-15-7-12(17)9-1-2-9/h3-6,9,12,15,17H,1-2,7-8H2,(H,16,18). The van der Waals surface area contributed by atoms with Crippen molar-refractivity contribution >= 4 is 11.6 Å². The lowest BCUT2D eigenvalue weighted by molar-refractivity contribution is -0.115. The van der Waals surface area contributed by atoms with Gasteiger partial charge in [0.25, 0.3) is 0 Å². The van der Waals surface area contributed by atoms with Gasteiger partial charge >= 0.3 is 0 Å². The number of benzene rings is 1. The zero-order valence-electron chi connectivity index (χ0n) is 10.0. The first-order chi connectivity index (χ1) is 8.65. The molecule has 4 nitrogen and oxygen atoms in total. The number of aliphatic hydroxyl groups excluding tert-OH is 1. The Labute approximate surface area is 105 Å². The maximum Gasteiger partial charge on any atom is 0.238 e. The van der Waals surface area contributed by atoms with Crippen molar-refractivity contribution in [1.29, 1.82) is 0 Å². The van der Waals surface area contributed by atoms with Crippen LogP contribution in [0.3, 0.4) is 0 Å². The number of hydrogen-bond acceptors (Lipinski definition) is 3. The van der Waals surface area contributed by atoms with Gasteiger partial charge in [-0.1, -0.05) is 0 Å². The number of amides is 1. The van der Waals surface area contributed by atoms with E-state index in [0.29, 0.717) is 18.2 Å². The van der Waals surface area contributed by atoms with Gasteiger partial charge in [0.1, 0.15) is 5.82 Å². The summed E-state index contributed by atoms with van der Waals surface area (Å²) in [7, 11) is 0. The van der Waals surface area contributed by atoms with Crippen LogP contribution in [0.1, 0.15) is 12.8 Å². The summed E-state index contributed by atoms with van der Waals surface area (Å²) in [5.74, 6) is -0.138. The van der Waals surface area contributed by atoms with Crippen LogP contribution >= 0.6 is 0 Å². The molecule has 2 rings (SSSR count). The van der Waals surface area contributed by atoms with Crippen molar-refractivity contribution in [3.8, 4) is 0 Å². The van der Waals surface area contributed by atoms with Crippen LogP contribution in [0.4, 0.5) is 10.1 Å². The molecule has 1 atom stereocenters. The van der Waals surface area contributed by atoms with E-state index < -0.39 is 0 Å². The number of nitrogens with one attached hydrogen (secondary N) is 2. The zero-order chi connectivity index (χ0) is 13.0. The van der Waals surface area contributed by atoms with Gasteiger partial charge in [0, 0.05) is 12.2 Å². The Bertz CT molecular complexity index is 404. The third-order valence-corrected chi connectivity index (χ3v) is 2.93. The van der Waals surface area contributed by atoms with Crippen molar-refractivity contribution in [2.24, 2.45) is 5.92 Å². The molecule has 3 N–H and O–H groups in total. The number of aliphatic hydroxyl groups is 1. The number of hydrogen-bond donors (Lipinski definition) is 3. The molecule has 1 aromatic carbocycles. The van der Waals surface area contributed by atoms with Crippen molar-refractivity contribution in [2.45, 2.75) is 18.9 Å². The highest BCUT2D eigenvalue weighted by Gasteiger charge is 2.29. The summed E-state index contributed by atoms with van der Waals surface area (Å²) in [4.78, 5) is 11.5. The van der Waals surface area contributed by atoms with Gasteiger partial charge in [-0.25, -0.2) is 4.39 Å². The summed E-state index contributed by atoms with van der Waals surface area (Å²) in [6.45, 7) is 0.572. The van der Waals surface area contributed by atoms with Crippen LogP contribution < -0.4 is 10.6 Å². The van der Waals surface area contributed by atoms with Gasteiger partial charge in [0.2, 0.25) is 5.91 Å². The number of carbonyl (C=O) groups excluding carboxylic acids is 1. The van der Waals surface area contributed by atoms with Gasteiger partial charge in [0.05, 0.1) is 12.6 Å². The lowest BCUT2D eigenvalue weighted by atomic mass is 10.2. The molecule has 98 valence electrons. The third kappa shape index (κ3) is 4.09. The normalized spacial score (nSPS) is 16.3. The molecule has 1 unspecified atom stereocenters. The molecule has 0 heterocycles. The van der Waals surface area contributed by atoms with Crippen LogP contribution in [0, 0.1) is 11.7 Å². The van der Waals surface area contributed by atoms with E-state index in [1.54, 1.807) is 0 Å². The van der Waals surface area contributed by atoms with Gasteiger partial charge in [-0.15, -0.1) is 0 Å². The van der Waals surface area contributed by atoms with Crippen molar-refractivity contribution in [1.82, 2.24) is 5.32 Å². The summed E-state index contributed by atoms with van der Waals surface area (Å²) in [5, 5.41) is 15.1. The number of carbonyl (C=O) groups is 1. The molecule has 18 heavy (non-hydrogen) atoms. The van der Waals surface area contributed by atoms with Crippen LogP contribution in [0.25, 0.3) is 0 Å². The fraction of sp³-hybridized carbons (Fsp3) is 0.462. The van der Waals surface area contributed by atoms with E-state index >= 15 is 0 Å². The molecular weight excluding hydrogens is 235 g/mol. The minimum absolute atomic E-state index is 0.140. The van der Waals surface area contributed by atoms with E-state index in [9.17, 15) is 14.3 Å².